The molecule has 5 nitrogen and oxygen atoms in total. The number of nitrogens with zero attached hydrogens (tertiary/aromatic N) is 1. The SMILES string of the molecule is CCCOCC(=O)N1CCC(C(=O)O)(c2ccccc2)CC1. The third kappa shape index (κ3) is 3.47. The molecule has 0 saturated carbocycles. The molecule has 2 rings (SSSR count). The Morgan fingerprint density at radius 1 is 1.23 bits per heavy atom. The van der Waals surface area contributed by atoms with Crippen LogP contribution in [0.15, 0.2) is 30.3 Å². The second-order valence-corrected chi connectivity index (χ2v) is 5.69. The van der Waals surface area contributed by atoms with Gasteiger partial charge in [-0.2, -0.15) is 0 Å². The quantitative estimate of drug-likeness (QED) is 0.817. The molecule has 1 fully saturated rings. The number of likely N-dealkylation sites (tertiary alicyclic amines) is 1. The van der Waals surface area contributed by atoms with Crippen LogP contribution in [-0.2, 0) is 19.7 Å². The molecule has 1 aliphatic rings. The largest absolute Gasteiger partial charge is 0.481 e. The van der Waals surface area contributed by atoms with Crippen molar-refractivity contribution >= 4 is 11.9 Å². The van der Waals surface area contributed by atoms with E-state index < -0.39 is 11.4 Å². The number of amides is 1. The van der Waals surface area contributed by atoms with Crippen LogP contribution in [0.4, 0.5) is 0 Å². The topological polar surface area (TPSA) is 66.8 Å². The molecule has 0 unspecified atom stereocenters. The third-order valence-electron chi connectivity index (χ3n) is 4.28. The highest BCUT2D eigenvalue weighted by Crippen LogP contribution is 2.35. The van der Waals surface area contributed by atoms with Gasteiger partial charge >= 0.3 is 5.97 Å². The van der Waals surface area contributed by atoms with Crippen molar-refractivity contribution in [3.8, 4) is 0 Å². The normalized spacial score (nSPS) is 17.2. The summed E-state index contributed by atoms with van der Waals surface area (Å²) in [5.74, 6) is -0.867. The predicted molar refractivity (Wildman–Crippen MR) is 82.7 cm³/mol. The Hall–Kier alpha value is -1.88. The maximum absolute atomic E-state index is 12.0. The molecule has 1 heterocycles. The molecule has 1 aromatic rings. The molecule has 22 heavy (non-hydrogen) atoms. The molecule has 1 saturated heterocycles. The fourth-order valence-corrected chi connectivity index (χ4v) is 2.92. The van der Waals surface area contributed by atoms with Crippen molar-refractivity contribution in [1.82, 2.24) is 4.90 Å². The number of hydrogen-bond donors (Lipinski definition) is 1. The van der Waals surface area contributed by atoms with Crippen molar-refractivity contribution in [2.24, 2.45) is 0 Å². The van der Waals surface area contributed by atoms with Gasteiger partial charge in [-0.15, -0.1) is 0 Å². The van der Waals surface area contributed by atoms with Gasteiger partial charge in [0.25, 0.3) is 0 Å². The van der Waals surface area contributed by atoms with Crippen LogP contribution in [0, 0.1) is 0 Å². The fourth-order valence-electron chi connectivity index (χ4n) is 2.92. The number of aliphatic carboxylic acids is 1. The molecule has 0 aromatic heterocycles. The number of piperidine rings is 1. The van der Waals surface area contributed by atoms with Crippen LogP contribution in [0.3, 0.4) is 0 Å². The molecule has 0 atom stereocenters. The van der Waals surface area contributed by atoms with Crippen LogP contribution in [-0.4, -0.2) is 48.2 Å². The van der Waals surface area contributed by atoms with E-state index in [1.165, 1.54) is 0 Å². The number of carboxylic acids is 1. The van der Waals surface area contributed by atoms with Crippen LogP contribution >= 0.6 is 0 Å². The Bertz CT molecular complexity index is 507. The van der Waals surface area contributed by atoms with E-state index in [0.29, 0.717) is 32.5 Å². The first-order valence-electron chi connectivity index (χ1n) is 7.74. The van der Waals surface area contributed by atoms with Crippen molar-refractivity contribution in [3.05, 3.63) is 35.9 Å². The lowest BCUT2D eigenvalue weighted by Gasteiger charge is -2.39. The van der Waals surface area contributed by atoms with Gasteiger partial charge in [0.2, 0.25) is 5.91 Å². The summed E-state index contributed by atoms with van der Waals surface area (Å²) in [4.78, 5) is 25.6. The number of carboxylic acid groups (broad SMARTS) is 1. The van der Waals surface area contributed by atoms with Crippen molar-refractivity contribution in [2.45, 2.75) is 31.6 Å². The molecule has 0 spiro atoms. The van der Waals surface area contributed by atoms with Gasteiger partial charge in [0, 0.05) is 19.7 Å². The predicted octanol–water partition coefficient (Wildman–Crippen LogP) is 2.06. The minimum Gasteiger partial charge on any atom is -0.481 e. The first kappa shape index (κ1) is 16.5. The van der Waals surface area contributed by atoms with Gasteiger partial charge in [0.1, 0.15) is 6.61 Å². The number of benzene rings is 1. The van der Waals surface area contributed by atoms with Gasteiger partial charge < -0.3 is 14.7 Å². The standard InChI is InChI=1S/C17H23NO4/c1-2-12-22-13-15(19)18-10-8-17(9-11-18,16(20)21)14-6-4-3-5-7-14/h3-7H,2,8-13H2,1H3,(H,20,21). The zero-order chi connectivity index (χ0) is 16.0. The average Bonchev–Trinajstić information content (AvgIpc) is 2.55. The molecule has 1 aromatic carbocycles. The Kier molecular flexibility index (Phi) is 5.55. The van der Waals surface area contributed by atoms with Crippen LogP contribution in [0.5, 0.6) is 0 Å². The lowest BCUT2D eigenvalue weighted by atomic mass is 9.73. The highest BCUT2D eigenvalue weighted by molar-refractivity contribution is 5.83. The number of carbonyl (C=O) groups is 2. The lowest BCUT2D eigenvalue weighted by Crippen LogP contribution is -2.49. The Morgan fingerprint density at radius 3 is 2.41 bits per heavy atom. The summed E-state index contributed by atoms with van der Waals surface area (Å²) in [6.07, 6.45) is 1.75. The molecule has 5 heteroatoms. The van der Waals surface area contributed by atoms with E-state index in [1.807, 2.05) is 37.3 Å². The van der Waals surface area contributed by atoms with E-state index in [4.69, 9.17) is 4.74 Å². The smallest absolute Gasteiger partial charge is 0.314 e. The van der Waals surface area contributed by atoms with Crippen LogP contribution in [0.25, 0.3) is 0 Å². The molecule has 120 valence electrons. The van der Waals surface area contributed by atoms with Crippen molar-refractivity contribution in [3.63, 3.8) is 0 Å². The van der Waals surface area contributed by atoms with E-state index in [9.17, 15) is 14.7 Å². The molecule has 1 aliphatic heterocycles. The molecular weight excluding hydrogens is 282 g/mol. The number of hydrogen-bond acceptors (Lipinski definition) is 3. The third-order valence-corrected chi connectivity index (χ3v) is 4.28. The summed E-state index contributed by atoms with van der Waals surface area (Å²) < 4.78 is 5.27. The molecule has 0 bridgehead atoms. The van der Waals surface area contributed by atoms with E-state index in [2.05, 4.69) is 0 Å². The van der Waals surface area contributed by atoms with Gasteiger partial charge in [0.05, 0.1) is 5.41 Å². The highest BCUT2D eigenvalue weighted by atomic mass is 16.5. The summed E-state index contributed by atoms with van der Waals surface area (Å²) >= 11 is 0. The average molecular weight is 305 g/mol. The molecular formula is C17H23NO4. The van der Waals surface area contributed by atoms with E-state index >= 15 is 0 Å². The Balaban J connectivity index is 2.02. The minimum absolute atomic E-state index is 0.0551. The first-order valence-corrected chi connectivity index (χ1v) is 7.74. The van der Waals surface area contributed by atoms with Gasteiger partial charge in [-0.05, 0) is 24.8 Å². The zero-order valence-electron chi connectivity index (χ0n) is 13.0. The monoisotopic (exact) mass is 305 g/mol. The maximum atomic E-state index is 12.0. The Labute approximate surface area is 130 Å². The molecule has 0 aliphatic carbocycles. The Morgan fingerprint density at radius 2 is 1.86 bits per heavy atom. The van der Waals surface area contributed by atoms with Gasteiger partial charge in [-0.3, -0.25) is 9.59 Å². The van der Waals surface area contributed by atoms with Crippen molar-refractivity contribution in [2.75, 3.05) is 26.3 Å². The maximum Gasteiger partial charge on any atom is 0.314 e. The summed E-state index contributed by atoms with van der Waals surface area (Å²) in [6.45, 7) is 3.55. The summed E-state index contributed by atoms with van der Waals surface area (Å²) in [5, 5.41) is 9.71. The van der Waals surface area contributed by atoms with Crippen LogP contribution < -0.4 is 0 Å². The number of carbonyl (C=O) groups excluding carboxylic acids is 1. The first-order chi connectivity index (χ1) is 10.6. The second-order valence-electron chi connectivity index (χ2n) is 5.69. The summed E-state index contributed by atoms with van der Waals surface area (Å²) in [6, 6.07) is 9.31. The summed E-state index contributed by atoms with van der Waals surface area (Å²) in [7, 11) is 0. The zero-order valence-corrected chi connectivity index (χ0v) is 13.0. The molecule has 1 amide bonds. The van der Waals surface area contributed by atoms with Crippen LogP contribution in [0.1, 0.15) is 31.7 Å². The molecule has 0 radical (unpaired) electrons. The fraction of sp³-hybridized carbons (Fsp3) is 0.529. The highest BCUT2D eigenvalue weighted by Gasteiger charge is 2.43. The lowest BCUT2D eigenvalue weighted by molar-refractivity contribution is -0.149. The van der Waals surface area contributed by atoms with Gasteiger partial charge in [0.15, 0.2) is 0 Å². The minimum atomic E-state index is -0.887. The second kappa shape index (κ2) is 7.40. The van der Waals surface area contributed by atoms with Crippen molar-refractivity contribution < 1.29 is 19.4 Å². The van der Waals surface area contributed by atoms with Gasteiger partial charge in [-0.25, -0.2) is 0 Å². The van der Waals surface area contributed by atoms with E-state index in [0.717, 1.165) is 12.0 Å². The molecule has 1 N–H and O–H groups in total. The summed E-state index contributed by atoms with van der Waals surface area (Å²) in [5.41, 5.74) is -0.0701. The number of rotatable bonds is 6. The van der Waals surface area contributed by atoms with Gasteiger partial charge in [-0.1, -0.05) is 37.3 Å². The van der Waals surface area contributed by atoms with Crippen molar-refractivity contribution in [1.29, 1.82) is 0 Å². The van der Waals surface area contributed by atoms with E-state index in [-0.39, 0.29) is 12.5 Å². The van der Waals surface area contributed by atoms with Crippen LogP contribution in [0.2, 0.25) is 0 Å². The number of ether oxygens (including phenoxy) is 1. The van der Waals surface area contributed by atoms with E-state index in [1.54, 1.807) is 4.90 Å².